The highest BCUT2D eigenvalue weighted by Crippen LogP contribution is 2.49. The summed E-state index contributed by atoms with van der Waals surface area (Å²) >= 11 is 0. The van der Waals surface area contributed by atoms with Crippen molar-refractivity contribution in [3.05, 3.63) is 23.8 Å². The van der Waals surface area contributed by atoms with E-state index in [1.807, 2.05) is 47.6 Å². The number of rotatable bonds is 2. The minimum atomic E-state index is -4.10. The number of aliphatic hydroxyl groups is 1. The summed E-state index contributed by atoms with van der Waals surface area (Å²) in [6.07, 6.45) is 4.89. The predicted molar refractivity (Wildman–Crippen MR) is 81.5 cm³/mol. The molecule has 0 amide bonds. The Balaban J connectivity index is 3.26. The molecule has 5 heteroatoms. The van der Waals surface area contributed by atoms with Crippen molar-refractivity contribution in [2.75, 3.05) is 6.16 Å². The molecule has 0 saturated heterocycles. The molecular formula is C15H27O4P. The van der Waals surface area contributed by atoms with Gasteiger partial charge in [-0.2, -0.15) is 0 Å². The third kappa shape index (κ3) is 3.82. The monoisotopic (exact) mass is 302 g/mol. The molecule has 0 heterocycles. The summed E-state index contributed by atoms with van der Waals surface area (Å²) < 4.78 is 11.2. The van der Waals surface area contributed by atoms with Crippen LogP contribution in [0.3, 0.4) is 0 Å². The summed E-state index contributed by atoms with van der Waals surface area (Å²) in [5, 5.41) is 11.1. The molecule has 0 aromatic rings. The smallest absolute Gasteiger partial charge is 0.329 e. The maximum absolute atomic E-state index is 11.2. The third-order valence-corrected chi connectivity index (χ3v) is 4.71. The molecule has 1 aliphatic carbocycles. The van der Waals surface area contributed by atoms with E-state index in [2.05, 4.69) is 0 Å². The molecule has 4 nitrogen and oxygen atoms in total. The standard InChI is InChI=1S/C15H27O4P/c1-13(2,3)12-9-11(10-20(17,18)19)7-8-15(12,16)14(4,5)6/h7-9,12,16H,10H2,1-6H3,(H2,17,18,19). The molecule has 0 aliphatic heterocycles. The van der Waals surface area contributed by atoms with Crippen molar-refractivity contribution in [1.82, 2.24) is 0 Å². The van der Waals surface area contributed by atoms with Crippen molar-refractivity contribution in [3.8, 4) is 0 Å². The molecule has 0 aromatic carbocycles. The normalized spacial score (nSPS) is 28.4. The van der Waals surface area contributed by atoms with Gasteiger partial charge in [-0.15, -0.1) is 0 Å². The average Bonchev–Trinajstić information content (AvgIpc) is 2.15. The lowest BCUT2D eigenvalue weighted by Crippen LogP contribution is -2.52. The highest BCUT2D eigenvalue weighted by atomic mass is 31.2. The van der Waals surface area contributed by atoms with E-state index in [9.17, 15) is 9.67 Å². The lowest BCUT2D eigenvalue weighted by atomic mass is 9.59. The summed E-state index contributed by atoms with van der Waals surface area (Å²) in [6.45, 7) is 12.0. The van der Waals surface area contributed by atoms with Gasteiger partial charge in [-0.1, -0.05) is 59.8 Å². The molecule has 0 saturated carbocycles. The molecule has 2 unspecified atom stereocenters. The number of hydrogen-bond acceptors (Lipinski definition) is 2. The van der Waals surface area contributed by atoms with Crippen molar-refractivity contribution in [1.29, 1.82) is 0 Å². The summed E-state index contributed by atoms with van der Waals surface area (Å²) in [6, 6.07) is 0. The van der Waals surface area contributed by atoms with Gasteiger partial charge >= 0.3 is 7.60 Å². The Hall–Kier alpha value is -0.410. The SMILES string of the molecule is CC(C)(C)C1C=C(CP(=O)(O)O)C=CC1(O)C(C)(C)C. The molecule has 0 radical (unpaired) electrons. The molecule has 0 spiro atoms. The third-order valence-electron chi connectivity index (χ3n) is 3.93. The van der Waals surface area contributed by atoms with E-state index in [1.165, 1.54) is 0 Å². The van der Waals surface area contributed by atoms with Crippen molar-refractivity contribution in [2.24, 2.45) is 16.7 Å². The summed E-state index contributed by atoms with van der Waals surface area (Å²) in [4.78, 5) is 18.2. The van der Waals surface area contributed by atoms with Crippen molar-refractivity contribution in [2.45, 2.75) is 47.1 Å². The van der Waals surface area contributed by atoms with Gasteiger partial charge in [0.2, 0.25) is 0 Å². The Labute approximate surface area is 121 Å². The maximum Gasteiger partial charge on any atom is 0.329 e. The second-order valence-electron chi connectivity index (χ2n) is 7.82. The van der Waals surface area contributed by atoms with Gasteiger partial charge in [0.05, 0.1) is 11.8 Å². The minimum absolute atomic E-state index is 0.207. The molecule has 1 aliphatic rings. The Morgan fingerprint density at radius 1 is 1.20 bits per heavy atom. The van der Waals surface area contributed by atoms with Gasteiger partial charge < -0.3 is 14.9 Å². The lowest BCUT2D eigenvalue weighted by Gasteiger charge is -2.49. The molecule has 116 valence electrons. The van der Waals surface area contributed by atoms with E-state index in [4.69, 9.17) is 9.79 Å². The first kappa shape index (κ1) is 17.6. The van der Waals surface area contributed by atoms with Crippen LogP contribution in [0.2, 0.25) is 0 Å². The Morgan fingerprint density at radius 3 is 2.05 bits per heavy atom. The lowest BCUT2D eigenvalue weighted by molar-refractivity contribution is -0.0804. The number of hydrogen-bond donors (Lipinski definition) is 3. The van der Waals surface area contributed by atoms with E-state index in [-0.39, 0.29) is 22.9 Å². The topological polar surface area (TPSA) is 77.8 Å². The summed E-state index contributed by atoms with van der Waals surface area (Å²) in [7, 11) is -4.10. The molecule has 0 bridgehead atoms. The second-order valence-corrected chi connectivity index (χ2v) is 9.46. The first-order chi connectivity index (χ1) is 8.67. The Kier molecular flexibility index (Phi) is 4.50. The molecule has 2 atom stereocenters. The van der Waals surface area contributed by atoms with Crippen LogP contribution in [0.5, 0.6) is 0 Å². The van der Waals surface area contributed by atoms with Crippen LogP contribution in [0.15, 0.2) is 23.8 Å². The van der Waals surface area contributed by atoms with Gasteiger partial charge in [0.1, 0.15) is 0 Å². The van der Waals surface area contributed by atoms with E-state index >= 15 is 0 Å². The number of allylic oxidation sites excluding steroid dienone is 2. The zero-order valence-corrected chi connectivity index (χ0v) is 14.1. The first-order valence-electron chi connectivity index (χ1n) is 6.84. The fraction of sp³-hybridized carbons (Fsp3) is 0.733. The largest absolute Gasteiger partial charge is 0.385 e. The molecule has 20 heavy (non-hydrogen) atoms. The molecule has 0 fully saturated rings. The van der Waals surface area contributed by atoms with Crippen LogP contribution in [0.4, 0.5) is 0 Å². The fourth-order valence-electron chi connectivity index (χ4n) is 2.70. The fourth-order valence-corrected chi connectivity index (χ4v) is 3.39. The average molecular weight is 302 g/mol. The van der Waals surface area contributed by atoms with Crippen LogP contribution in [-0.2, 0) is 4.57 Å². The maximum atomic E-state index is 11.2. The van der Waals surface area contributed by atoms with Gasteiger partial charge in [0, 0.05) is 5.92 Å². The van der Waals surface area contributed by atoms with E-state index in [0.29, 0.717) is 5.57 Å². The second kappa shape index (κ2) is 5.10. The Morgan fingerprint density at radius 2 is 1.70 bits per heavy atom. The summed E-state index contributed by atoms with van der Waals surface area (Å²) in [5.41, 5.74) is -1.03. The van der Waals surface area contributed by atoms with Crippen LogP contribution in [0, 0.1) is 16.7 Å². The van der Waals surface area contributed by atoms with Crippen molar-refractivity contribution >= 4 is 7.60 Å². The highest BCUT2D eigenvalue weighted by Gasteiger charge is 2.49. The molecular weight excluding hydrogens is 275 g/mol. The van der Waals surface area contributed by atoms with Crippen LogP contribution in [0.25, 0.3) is 0 Å². The highest BCUT2D eigenvalue weighted by molar-refractivity contribution is 7.52. The van der Waals surface area contributed by atoms with Crippen LogP contribution in [0.1, 0.15) is 41.5 Å². The van der Waals surface area contributed by atoms with Gasteiger partial charge in [0.25, 0.3) is 0 Å². The minimum Gasteiger partial charge on any atom is -0.385 e. The Bertz CT molecular complexity index is 473. The predicted octanol–water partition coefficient (Wildman–Crippen LogP) is 3.10. The van der Waals surface area contributed by atoms with Gasteiger partial charge in [-0.25, -0.2) is 0 Å². The van der Waals surface area contributed by atoms with E-state index in [1.54, 1.807) is 12.2 Å². The van der Waals surface area contributed by atoms with Crippen molar-refractivity contribution in [3.63, 3.8) is 0 Å². The van der Waals surface area contributed by atoms with Gasteiger partial charge in [-0.3, -0.25) is 4.57 Å². The zero-order chi connectivity index (χ0) is 16.0. The van der Waals surface area contributed by atoms with Gasteiger partial charge in [-0.05, 0) is 16.4 Å². The van der Waals surface area contributed by atoms with Crippen LogP contribution >= 0.6 is 7.60 Å². The molecule has 1 rings (SSSR count). The van der Waals surface area contributed by atoms with Crippen molar-refractivity contribution < 1.29 is 19.5 Å². The van der Waals surface area contributed by atoms with E-state index < -0.39 is 13.2 Å². The first-order valence-corrected chi connectivity index (χ1v) is 8.63. The summed E-state index contributed by atoms with van der Waals surface area (Å²) in [5.74, 6) is -0.207. The molecule has 0 aromatic heterocycles. The van der Waals surface area contributed by atoms with Crippen LogP contribution < -0.4 is 0 Å². The van der Waals surface area contributed by atoms with Gasteiger partial charge in [0.15, 0.2) is 0 Å². The zero-order valence-electron chi connectivity index (χ0n) is 13.2. The van der Waals surface area contributed by atoms with Crippen LogP contribution in [-0.4, -0.2) is 26.7 Å². The van der Waals surface area contributed by atoms with E-state index in [0.717, 1.165) is 0 Å². The molecule has 3 N–H and O–H groups in total. The quantitative estimate of drug-likeness (QED) is 0.685.